The molecule has 1 fully saturated rings. The van der Waals surface area contributed by atoms with Gasteiger partial charge in [-0.1, -0.05) is 18.5 Å². The van der Waals surface area contributed by atoms with Gasteiger partial charge >= 0.3 is 5.69 Å². The third-order valence-corrected chi connectivity index (χ3v) is 3.46. The Labute approximate surface area is 119 Å². The molecule has 2 rings (SSSR count). The summed E-state index contributed by atoms with van der Waals surface area (Å²) >= 11 is 0. The summed E-state index contributed by atoms with van der Waals surface area (Å²) in [5.74, 6) is 0. The summed E-state index contributed by atoms with van der Waals surface area (Å²) in [7, 11) is 0. The minimum absolute atomic E-state index is 0.271. The Hall–Kier alpha value is -2.09. The number of hydrogen-bond acceptors (Lipinski definition) is 5. The molecule has 1 aliphatic heterocycles. The zero-order valence-electron chi connectivity index (χ0n) is 11.6. The molecule has 9 nitrogen and oxygen atoms in total. The highest BCUT2D eigenvalue weighted by atomic mass is 16.5. The van der Waals surface area contributed by atoms with Crippen molar-refractivity contribution >= 4 is 0 Å². The van der Waals surface area contributed by atoms with Gasteiger partial charge in [0.1, 0.15) is 6.23 Å². The van der Waals surface area contributed by atoms with Crippen LogP contribution in [0.2, 0.25) is 0 Å². The number of aromatic amines is 1. The minimum Gasteiger partial charge on any atom is -0.394 e. The number of aromatic nitrogens is 2. The lowest BCUT2D eigenvalue weighted by atomic mass is 10.1. The largest absolute Gasteiger partial charge is 0.394 e. The number of nitrogens with zero attached hydrogens (tertiary/aromatic N) is 4. The first-order valence-electron chi connectivity index (χ1n) is 6.75. The van der Waals surface area contributed by atoms with Crippen LogP contribution in [0, 0.1) is 0 Å². The number of azide groups is 1. The van der Waals surface area contributed by atoms with Gasteiger partial charge < -0.3 is 9.84 Å². The van der Waals surface area contributed by atoms with Gasteiger partial charge in [-0.05, 0) is 12.0 Å². The highest BCUT2D eigenvalue weighted by Crippen LogP contribution is 2.29. The number of aliphatic hydroxyl groups is 1. The first kappa shape index (κ1) is 15.3. The highest BCUT2D eigenvalue weighted by Gasteiger charge is 2.35. The molecule has 114 valence electrons. The standard InChI is InChI=1S/C12H17N5O4/c1-2-3-7-5-17(12(20)14-11(7)19)10-4-8(15-16-13)9(6-18)21-10/h5,8-10,18H,2-4,6H2,1H3,(H,14,19,20)/t8?,9-,10?/m1/s1. The molecule has 2 heterocycles. The fourth-order valence-electron chi connectivity index (χ4n) is 2.43. The summed E-state index contributed by atoms with van der Waals surface area (Å²) in [5, 5.41) is 12.8. The molecule has 1 saturated heterocycles. The van der Waals surface area contributed by atoms with Crippen molar-refractivity contribution in [3.63, 3.8) is 0 Å². The lowest BCUT2D eigenvalue weighted by molar-refractivity contribution is -0.0271. The number of H-pyrrole nitrogens is 1. The van der Waals surface area contributed by atoms with Gasteiger partial charge in [-0.15, -0.1) is 0 Å². The van der Waals surface area contributed by atoms with Crippen molar-refractivity contribution in [3.8, 4) is 0 Å². The Morgan fingerprint density at radius 3 is 3.00 bits per heavy atom. The molecule has 9 heteroatoms. The molecule has 0 amide bonds. The van der Waals surface area contributed by atoms with E-state index in [1.807, 2.05) is 6.92 Å². The Balaban J connectivity index is 2.34. The second-order valence-electron chi connectivity index (χ2n) is 4.89. The molecule has 0 aliphatic carbocycles. The molecule has 1 aliphatic rings. The van der Waals surface area contributed by atoms with E-state index in [1.165, 1.54) is 10.8 Å². The van der Waals surface area contributed by atoms with E-state index in [-0.39, 0.29) is 13.0 Å². The maximum atomic E-state index is 11.9. The van der Waals surface area contributed by atoms with Crippen LogP contribution in [0.25, 0.3) is 10.4 Å². The highest BCUT2D eigenvalue weighted by molar-refractivity contribution is 5.05. The Morgan fingerprint density at radius 2 is 2.38 bits per heavy atom. The Bertz CT molecular complexity index is 660. The second-order valence-corrected chi connectivity index (χ2v) is 4.89. The van der Waals surface area contributed by atoms with Crippen LogP contribution in [0.3, 0.4) is 0 Å². The van der Waals surface area contributed by atoms with Crippen molar-refractivity contribution in [2.75, 3.05) is 6.61 Å². The molecule has 1 aromatic heterocycles. The van der Waals surface area contributed by atoms with Gasteiger partial charge in [0.15, 0.2) is 0 Å². The molecular formula is C12H17N5O4. The quantitative estimate of drug-likeness (QED) is 0.463. The van der Waals surface area contributed by atoms with E-state index in [4.69, 9.17) is 10.3 Å². The van der Waals surface area contributed by atoms with Crippen molar-refractivity contribution < 1.29 is 9.84 Å². The first-order valence-corrected chi connectivity index (χ1v) is 6.75. The predicted octanol–water partition coefficient (Wildman–Crippen LogP) is 0.448. The van der Waals surface area contributed by atoms with E-state index in [2.05, 4.69) is 15.0 Å². The van der Waals surface area contributed by atoms with Gasteiger partial charge in [-0.3, -0.25) is 14.3 Å². The Morgan fingerprint density at radius 1 is 1.62 bits per heavy atom. The van der Waals surface area contributed by atoms with Crippen molar-refractivity contribution in [2.45, 2.75) is 44.6 Å². The summed E-state index contributed by atoms with van der Waals surface area (Å²) in [6.45, 7) is 1.63. The van der Waals surface area contributed by atoms with Gasteiger partial charge in [0, 0.05) is 23.1 Å². The number of aliphatic hydroxyl groups excluding tert-OH is 1. The van der Waals surface area contributed by atoms with Crippen LogP contribution < -0.4 is 11.2 Å². The maximum Gasteiger partial charge on any atom is 0.330 e. The first-order chi connectivity index (χ1) is 10.1. The van der Waals surface area contributed by atoms with Gasteiger partial charge in [0.05, 0.1) is 18.8 Å². The fourth-order valence-corrected chi connectivity index (χ4v) is 2.43. The van der Waals surface area contributed by atoms with E-state index < -0.39 is 29.6 Å². The summed E-state index contributed by atoms with van der Waals surface area (Å²) in [4.78, 5) is 28.5. The number of hydrogen-bond donors (Lipinski definition) is 2. The van der Waals surface area contributed by atoms with E-state index in [0.29, 0.717) is 12.0 Å². The molecule has 0 spiro atoms. The molecule has 21 heavy (non-hydrogen) atoms. The normalized spacial score (nSPS) is 24.8. The summed E-state index contributed by atoms with van der Waals surface area (Å²) in [5.41, 5.74) is 8.02. The third kappa shape index (κ3) is 3.15. The van der Waals surface area contributed by atoms with E-state index in [9.17, 15) is 14.7 Å². The molecule has 0 aromatic carbocycles. The van der Waals surface area contributed by atoms with Crippen LogP contribution in [-0.2, 0) is 11.2 Å². The molecule has 2 N–H and O–H groups in total. The predicted molar refractivity (Wildman–Crippen MR) is 73.9 cm³/mol. The summed E-state index contributed by atoms with van der Waals surface area (Å²) < 4.78 is 6.82. The van der Waals surface area contributed by atoms with E-state index in [0.717, 1.165) is 6.42 Å². The SMILES string of the molecule is CCCc1cn(C2CC(N=[N+]=[N-])[C@@H](CO)O2)c(=O)[nH]c1=O. The van der Waals surface area contributed by atoms with Crippen molar-refractivity contribution in [2.24, 2.45) is 5.11 Å². The van der Waals surface area contributed by atoms with Crippen LogP contribution in [0.5, 0.6) is 0 Å². The van der Waals surface area contributed by atoms with Crippen molar-refractivity contribution in [1.82, 2.24) is 9.55 Å². The minimum atomic E-state index is -0.669. The zero-order valence-corrected chi connectivity index (χ0v) is 11.6. The maximum absolute atomic E-state index is 11.9. The molecule has 0 saturated carbocycles. The van der Waals surface area contributed by atoms with Gasteiger partial charge in [0.25, 0.3) is 5.56 Å². The van der Waals surface area contributed by atoms with Gasteiger partial charge in [0.2, 0.25) is 0 Å². The second kappa shape index (κ2) is 6.57. The molecular weight excluding hydrogens is 278 g/mol. The average Bonchev–Trinajstić information content (AvgIpc) is 2.85. The number of ether oxygens (including phenoxy) is 1. The van der Waals surface area contributed by atoms with Crippen LogP contribution in [0.15, 0.2) is 20.9 Å². The molecule has 2 unspecified atom stereocenters. The smallest absolute Gasteiger partial charge is 0.330 e. The van der Waals surface area contributed by atoms with Crippen molar-refractivity contribution in [3.05, 3.63) is 43.0 Å². The topological polar surface area (TPSA) is 133 Å². The zero-order chi connectivity index (χ0) is 15.4. The molecule has 0 bridgehead atoms. The number of aryl methyl sites for hydroxylation is 1. The fraction of sp³-hybridized carbons (Fsp3) is 0.667. The Kier molecular flexibility index (Phi) is 4.79. The monoisotopic (exact) mass is 295 g/mol. The van der Waals surface area contributed by atoms with Crippen LogP contribution >= 0.6 is 0 Å². The van der Waals surface area contributed by atoms with Crippen LogP contribution in [0.1, 0.15) is 31.6 Å². The van der Waals surface area contributed by atoms with E-state index >= 15 is 0 Å². The molecule has 1 aromatic rings. The lowest BCUT2D eigenvalue weighted by Crippen LogP contribution is -2.34. The van der Waals surface area contributed by atoms with Crippen LogP contribution in [0.4, 0.5) is 0 Å². The van der Waals surface area contributed by atoms with Crippen molar-refractivity contribution in [1.29, 1.82) is 0 Å². The molecule has 3 atom stereocenters. The van der Waals surface area contributed by atoms with Crippen LogP contribution in [-0.4, -0.2) is 33.4 Å². The number of rotatable bonds is 5. The van der Waals surface area contributed by atoms with E-state index in [1.54, 1.807) is 0 Å². The average molecular weight is 295 g/mol. The van der Waals surface area contributed by atoms with Gasteiger partial charge in [-0.25, -0.2) is 4.79 Å². The summed E-state index contributed by atoms with van der Waals surface area (Å²) in [6, 6.07) is -0.543. The molecule has 0 radical (unpaired) electrons. The summed E-state index contributed by atoms with van der Waals surface area (Å²) in [6.07, 6.45) is 1.74. The lowest BCUT2D eigenvalue weighted by Gasteiger charge is -2.15. The number of nitrogens with one attached hydrogen (secondary N) is 1. The van der Waals surface area contributed by atoms with Gasteiger partial charge in [-0.2, -0.15) is 0 Å². The third-order valence-electron chi connectivity index (χ3n) is 3.46.